The molecule has 0 aromatic heterocycles. The van der Waals surface area contributed by atoms with Gasteiger partial charge >= 0.3 is 0 Å². The highest BCUT2D eigenvalue weighted by molar-refractivity contribution is 9.10. The molecule has 1 N–H and O–H groups in total. The first-order chi connectivity index (χ1) is 14.2. The van der Waals surface area contributed by atoms with Gasteiger partial charge in [-0.1, -0.05) is 31.9 Å². The van der Waals surface area contributed by atoms with Gasteiger partial charge in [0, 0.05) is 33.5 Å². The van der Waals surface area contributed by atoms with E-state index in [0.717, 1.165) is 22.9 Å². The van der Waals surface area contributed by atoms with Crippen molar-refractivity contribution < 1.29 is 18.0 Å². The molecule has 6 nitrogen and oxygen atoms in total. The monoisotopic (exact) mass is 554 g/mol. The molecule has 1 fully saturated rings. The van der Waals surface area contributed by atoms with Crippen LogP contribution in [-0.2, 0) is 25.8 Å². The molecule has 2 aliphatic rings. The maximum Gasteiger partial charge on any atom is 0.230 e. The van der Waals surface area contributed by atoms with Crippen molar-refractivity contribution in [3.63, 3.8) is 0 Å². The highest BCUT2D eigenvalue weighted by Gasteiger charge is 2.39. The number of fused-ring (bicyclic) bond motifs is 1. The van der Waals surface area contributed by atoms with Crippen LogP contribution in [-0.4, -0.2) is 32.5 Å². The molecule has 1 saturated carbocycles. The zero-order valence-corrected chi connectivity index (χ0v) is 20.0. The van der Waals surface area contributed by atoms with Crippen molar-refractivity contribution in [3.8, 4) is 0 Å². The molecule has 2 amide bonds. The average Bonchev–Trinajstić information content (AvgIpc) is 3.47. The van der Waals surface area contributed by atoms with Crippen LogP contribution in [0.15, 0.2) is 50.2 Å². The van der Waals surface area contributed by atoms with Crippen LogP contribution >= 0.6 is 31.9 Å². The van der Waals surface area contributed by atoms with E-state index < -0.39 is 9.84 Å². The lowest BCUT2D eigenvalue weighted by Crippen LogP contribution is -2.31. The number of nitrogens with zero attached hydrogens (tertiary/aromatic N) is 1. The van der Waals surface area contributed by atoms with Crippen molar-refractivity contribution in [2.45, 2.75) is 30.6 Å². The van der Waals surface area contributed by atoms with E-state index in [2.05, 4.69) is 37.2 Å². The van der Waals surface area contributed by atoms with E-state index in [1.54, 1.807) is 35.2 Å². The lowest BCUT2D eigenvalue weighted by Gasteiger charge is -2.20. The molecule has 0 saturated heterocycles. The van der Waals surface area contributed by atoms with Gasteiger partial charge in [-0.05, 0) is 61.2 Å². The normalized spacial score (nSPS) is 15.7. The summed E-state index contributed by atoms with van der Waals surface area (Å²) in [5.74, 6) is -0.699. The Labute approximate surface area is 192 Å². The predicted molar refractivity (Wildman–Crippen MR) is 122 cm³/mol. The third kappa shape index (κ3) is 4.63. The Morgan fingerprint density at radius 2 is 1.77 bits per heavy atom. The standard InChI is InChI=1S/C21H20Br2N2O4S/c22-15-3-5-17(6-4-15)24-19(26)8-10-30(28,29)18-12-16(23)11-14-7-9-25(20(14)18)21(27)13-1-2-13/h3-6,11-13H,1-2,7-10H2,(H,24,26). The van der Waals surface area contributed by atoms with Gasteiger partial charge in [-0.2, -0.15) is 0 Å². The summed E-state index contributed by atoms with van der Waals surface area (Å²) in [6, 6.07) is 10.5. The zero-order valence-electron chi connectivity index (χ0n) is 16.0. The summed E-state index contributed by atoms with van der Waals surface area (Å²) >= 11 is 6.71. The number of carbonyl (C=O) groups is 2. The molecule has 2 aromatic carbocycles. The van der Waals surface area contributed by atoms with Crippen LogP contribution in [0.5, 0.6) is 0 Å². The second-order valence-corrected chi connectivity index (χ2v) is 11.5. The lowest BCUT2D eigenvalue weighted by molar-refractivity contribution is -0.119. The van der Waals surface area contributed by atoms with Crippen LogP contribution in [0.4, 0.5) is 11.4 Å². The number of nitrogens with one attached hydrogen (secondary N) is 1. The first-order valence-corrected chi connectivity index (χ1v) is 12.9. The molecule has 30 heavy (non-hydrogen) atoms. The lowest BCUT2D eigenvalue weighted by atomic mass is 10.2. The Balaban J connectivity index is 1.53. The molecule has 1 aliphatic heterocycles. The molecule has 0 unspecified atom stereocenters. The molecule has 9 heteroatoms. The Bertz CT molecular complexity index is 1110. The smallest absolute Gasteiger partial charge is 0.230 e. The highest BCUT2D eigenvalue weighted by Crippen LogP contribution is 2.41. The van der Waals surface area contributed by atoms with Gasteiger partial charge in [-0.15, -0.1) is 0 Å². The van der Waals surface area contributed by atoms with Crippen molar-refractivity contribution >= 4 is 64.9 Å². The molecule has 1 aliphatic carbocycles. The van der Waals surface area contributed by atoms with Gasteiger partial charge in [0.05, 0.1) is 16.3 Å². The fourth-order valence-corrected chi connectivity index (χ4v) is 6.01. The van der Waals surface area contributed by atoms with E-state index >= 15 is 0 Å². The number of hydrogen-bond donors (Lipinski definition) is 1. The predicted octanol–water partition coefficient (Wildman–Crippen LogP) is 4.31. The number of rotatable bonds is 6. The average molecular weight is 556 g/mol. The molecule has 158 valence electrons. The first-order valence-electron chi connectivity index (χ1n) is 9.66. The minimum Gasteiger partial charge on any atom is -0.326 e. The summed E-state index contributed by atoms with van der Waals surface area (Å²) < 4.78 is 27.8. The van der Waals surface area contributed by atoms with E-state index in [1.807, 2.05) is 6.07 Å². The van der Waals surface area contributed by atoms with Crippen LogP contribution in [0.1, 0.15) is 24.8 Å². The zero-order chi connectivity index (χ0) is 21.5. The van der Waals surface area contributed by atoms with Crippen molar-refractivity contribution in [3.05, 3.63) is 50.9 Å². The summed E-state index contributed by atoms with van der Waals surface area (Å²) in [4.78, 5) is 26.7. The Morgan fingerprint density at radius 1 is 1.07 bits per heavy atom. The molecule has 0 atom stereocenters. The Morgan fingerprint density at radius 3 is 2.43 bits per heavy atom. The largest absolute Gasteiger partial charge is 0.326 e. The summed E-state index contributed by atoms with van der Waals surface area (Å²) in [6.07, 6.45) is 2.18. The fraction of sp³-hybridized carbons (Fsp3) is 0.333. The third-order valence-electron chi connectivity index (χ3n) is 5.25. The highest BCUT2D eigenvalue weighted by atomic mass is 79.9. The van der Waals surface area contributed by atoms with Crippen LogP contribution < -0.4 is 10.2 Å². The van der Waals surface area contributed by atoms with Crippen molar-refractivity contribution in [1.82, 2.24) is 0 Å². The number of anilines is 2. The van der Waals surface area contributed by atoms with Gasteiger partial charge in [-0.3, -0.25) is 9.59 Å². The number of benzene rings is 2. The van der Waals surface area contributed by atoms with E-state index in [9.17, 15) is 18.0 Å². The first kappa shape index (κ1) is 21.5. The molecule has 2 aromatic rings. The van der Waals surface area contributed by atoms with E-state index in [4.69, 9.17) is 0 Å². The van der Waals surface area contributed by atoms with Crippen LogP contribution in [0, 0.1) is 5.92 Å². The maximum atomic E-state index is 13.2. The van der Waals surface area contributed by atoms with Crippen LogP contribution in [0.3, 0.4) is 0 Å². The SMILES string of the molecule is O=C(CCS(=O)(=O)c1cc(Br)cc2c1N(C(=O)C1CC1)CC2)Nc1ccc(Br)cc1. The minimum absolute atomic E-state index is 0.000467. The maximum absolute atomic E-state index is 13.2. The molecule has 0 radical (unpaired) electrons. The van der Waals surface area contributed by atoms with Crippen LogP contribution in [0.25, 0.3) is 0 Å². The molecular weight excluding hydrogens is 536 g/mol. The Hall–Kier alpha value is -1.71. The summed E-state index contributed by atoms with van der Waals surface area (Å²) in [5.41, 5.74) is 1.94. The number of hydrogen-bond acceptors (Lipinski definition) is 4. The summed E-state index contributed by atoms with van der Waals surface area (Å²) in [6.45, 7) is 0.494. The van der Waals surface area contributed by atoms with Gasteiger partial charge in [0.2, 0.25) is 11.8 Å². The van der Waals surface area contributed by atoms with Gasteiger partial charge in [0.15, 0.2) is 9.84 Å². The topological polar surface area (TPSA) is 83.6 Å². The second-order valence-electron chi connectivity index (χ2n) is 7.55. The van der Waals surface area contributed by atoms with Gasteiger partial charge in [0.25, 0.3) is 0 Å². The fourth-order valence-electron chi connectivity index (χ4n) is 3.57. The molecule has 4 rings (SSSR count). The minimum atomic E-state index is -3.77. The van der Waals surface area contributed by atoms with Crippen LogP contribution in [0.2, 0.25) is 0 Å². The molecule has 1 heterocycles. The summed E-state index contributed by atoms with van der Waals surface area (Å²) in [5, 5.41) is 2.71. The molecular formula is C21H20Br2N2O4S. The number of sulfone groups is 1. The molecule has 0 bridgehead atoms. The van der Waals surface area contributed by atoms with Gasteiger partial charge < -0.3 is 10.2 Å². The summed E-state index contributed by atoms with van der Waals surface area (Å²) in [7, 11) is -3.77. The third-order valence-corrected chi connectivity index (χ3v) is 7.96. The van der Waals surface area contributed by atoms with Gasteiger partial charge in [-0.25, -0.2) is 8.42 Å². The van der Waals surface area contributed by atoms with Crippen molar-refractivity contribution in [1.29, 1.82) is 0 Å². The van der Waals surface area contributed by atoms with Gasteiger partial charge in [0.1, 0.15) is 0 Å². The second kappa shape index (κ2) is 8.43. The van der Waals surface area contributed by atoms with Crippen molar-refractivity contribution in [2.75, 3.05) is 22.5 Å². The van der Waals surface area contributed by atoms with E-state index in [-0.39, 0.29) is 34.8 Å². The number of amides is 2. The number of carbonyl (C=O) groups excluding carboxylic acids is 2. The van der Waals surface area contributed by atoms with E-state index in [1.165, 1.54) is 0 Å². The van der Waals surface area contributed by atoms with E-state index in [0.29, 0.717) is 28.8 Å². The number of halogens is 2. The Kier molecular flexibility index (Phi) is 6.05. The molecule has 0 spiro atoms. The van der Waals surface area contributed by atoms with Crippen molar-refractivity contribution in [2.24, 2.45) is 5.92 Å². The quantitative estimate of drug-likeness (QED) is 0.575.